The number of para-hydroxylation sites is 1. The fourth-order valence-electron chi connectivity index (χ4n) is 2.69. The number of piperidine rings is 1. The van der Waals surface area contributed by atoms with E-state index in [0.717, 1.165) is 19.4 Å². The second kappa shape index (κ2) is 6.94. The second-order valence-corrected chi connectivity index (χ2v) is 7.56. The Morgan fingerprint density at radius 1 is 1.52 bits per heavy atom. The molecule has 122 valence electrons. The van der Waals surface area contributed by atoms with Crippen molar-refractivity contribution in [1.82, 2.24) is 4.98 Å². The number of rotatable bonds is 3. The van der Waals surface area contributed by atoms with Crippen LogP contribution >= 0.6 is 27.3 Å². The number of thiazole rings is 1. The lowest BCUT2D eigenvalue weighted by Gasteiger charge is -2.34. The summed E-state index contributed by atoms with van der Waals surface area (Å²) in [7, 11) is 0. The normalized spacial score (nSPS) is 18.0. The van der Waals surface area contributed by atoms with E-state index in [1.54, 1.807) is 17.5 Å². The SMILES string of the molecule is N[C@@H]1CCCN(c2c(F)cccc2NC(=O)c2csc(Br)n2)C1. The first-order chi connectivity index (χ1) is 11.0. The number of aromatic nitrogens is 1. The largest absolute Gasteiger partial charge is 0.366 e. The number of halogens is 2. The Morgan fingerprint density at radius 3 is 3.04 bits per heavy atom. The van der Waals surface area contributed by atoms with E-state index in [1.807, 2.05) is 4.90 Å². The Hall–Kier alpha value is -1.51. The fraction of sp³-hybridized carbons (Fsp3) is 0.333. The topological polar surface area (TPSA) is 71.2 Å². The van der Waals surface area contributed by atoms with Crippen molar-refractivity contribution in [2.75, 3.05) is 23.3 Å². The summed E-state index contributed by atoms with van der Waals surface area (Å²) >= 11 is 4.55. The summed E-state index contributed by atoms with van der Waals surface area (Å²) in [6.45, 7) is 1.30. The summed E-state index contributed by atoms with van der Waals surface area (Å²) in [6, 6.07) is 4.68. The van der Waals surface area contributed by atoms with Crippen LogP contribution in [0.4, 0.5) is 15.8 Å². The van der Waals surface area contributed by atoms with Crippen molar-refractivity contribution in [3.8, 4) is 0 Å². The van der Waals surface area contributed by atoms with Crippen molar-refractivity contribution in [1.29, 1.82) is 0 Å². The van der Waals surface area contributed by atoms with Crippen molar-refractivity contribution in [2.24, 2.45) is 5.73 Å². The third kappa shape index (κ3) is 3.70. The molecule has 1 saturated heterocycles. The van der Waals surface area contributed by atoms with Gasteiger partial charge in [0.05, 0.1) is 11.4 Å². The van der Waals surface area contributed by atoms with Crippen molar-refractivity contribution < 1.29 is 9.18 Å². The van der Waals surface area contributed by atoms with Gasteiger partial charge in [-0.25, -0.2) is 9.37 Å². The molecule has 1 aromatic heterocycles. The monoisotopic (exact) mass is 398 g/mol. The zero-order chi connectivity index (χ0) is 16.4. The van der Waals surface area contributed by atoms with Gasteiger partial charge in [-0.05, 0) is 40.9 Å². The van der Waals surface area contributed by atoms with Gasteiger partial charge in [-0.15, -0.1) is 11.3 Å². The molecule has 0 aliphatic carbocycles. The maximum atomic E-state index is 14.4. The number of benzene rings is 1. The third-order valence-corrected chi connectivity index (χ3v) is 5.08. The Labute approximate surface area is 145 Å². The number of carbonyl (C=O) groups is 1. The maximum absolute atomic E-state index is 14.4. The van der Waals surface area contributed by atoms with E-state index in [0.29, 0.717) is 27.5 Å². The van der Waals surface area contributed by atoms with Gasteiger partial charge in [-0.3, -0.25) is 4.79 Å². The number of hydrogen-bond acceptors (Lipinski definition) is 5. The first-order valence-corrected chi connectivity index (χ1v) is 8.93. The lowest BCUT2D eigenvalue weighted by molar-refractivity contribution is 0.102. The Balaban J connectivity index is 1.87. The third-order valence-electron chi connectivity index (χ3n) is 3.72. The van der Waals surface area contributed by atoms with E-state index >= 15 is 0 Å². The molecule has 1 aliphatic heterocycles. The zero-order valence-corrected chi connectivity index (χ0v) is 14.7. The van der Waals surface area contributed by atoms with Crippen LogP contribution in [0.1, 0.15) is 23.3 Å². The van der Waals surface area contributed by atoms with Gasteiger partial charge in [0, 0.05) is 24.5 Å². The average molecular weight is 399 g/mol. The smallest absolute Gasteiger partial charge is 0.275 e. The molecular formula is C15H16BrFN4OS. The van der Waals surface area contributed by atoms with Gasteiger partial charge in [0.25, 0.3) is 5.91 Å². The quantitative estimate of drug-likeness (QED) is 0.832. The molecule has 2 aromatic rings. The molecule has 2 heterocycles. The Morgan fingerprint density at radius 2 is 2.35 bits per heavy atom. The molecule has 8 heteroatoms. The van der Waals surface area contributed by atoms with Crippen LogP contribution in [0.3, 0.4) is 0 Å². The molecule has 3 rings (SSSR count). The van der Waals surface area contributed by atoms with Crippen LogP contribution < -0.4 is 16.0 Å². The van der Waals surface area contributed by atoms with Gasteiger partial charge < -0.3 is 16.0 Å². The van der Waals surface area contributed by atoms with Crippen molar-refractivity contribution >= 4 is 44.5 Å². The molecule has 0 saturated carbocycles. The number of nitrogens with zero attached hydrogens (tertiary/aromatic N) is 2. The number of carbonyl (C=O) groups excluding carboxylic acids is 1. The molecule has 3 N–H and O–H groups in total. The van der Waals surface area contributed by atoms with Crippen molar-refractivity contribution in [3.63, 3.8) is 0 Å². The number of nitrogens with two attached hydrogens (primary N) is 1. The van der Waals surface area contributed by atoms with Crippen molar-refractivity contribution in [2.45, 2.75) is 18.9 Å². The molecule has 1 aromatic carbocycles. The van der Waals surface area contributed by atoms with E-state index in [2.05, 4.69) is 26.2 Å². The maximum Gasteiger partial charge on any atom is 0.275 e. The highest BCUT2D eigenvalue weighted by atomic mass is 79.9. The van der Waals surface area contributed by atoms with Crippen LogP contribution in [0, 0.1) is 5.82 Å². The standard InChI is InChI=1S/C15H16BrFN4OS/c16-15-20-12(8-23-15)14(22)19-11-5-1-4-10(17)13(11)21-6-2-3-9(18)7-21/h1,4-5,8-9H,2-3,6-7,18H2,(H,19,22)/t9-/m1/s1. The van der Waals surface area contributed by atoms with Gasteiger partial charge in [0.2, 0.25) is 0 Å². The summed E-state index contributed by atoms with van der Waals surface area (Å²) in [6.07, 6.45) is 1.83. The minimum Gasteiger partial charge on any atom is -0.366 e. The first kappa shape index (κ1) is 16.4. The molecule has 1 amide bonds. The summed E-state index contributed by atoms with van der Waals surface area (Å²) < 4.78 is 15.0. The summed E-state index contributed by atoms with van der Waals surface area (Å²) in [5.74, 6) is -0.725. The van der Waals surface area contributed by atoms with Crippen LogP contribution in [0.2, 0.25) is 0 Å². The predicted octanol–water partition coefficient (Wildman–Crippen LogP) is 3.22. The molecule has 1 aliphatic rings. The fourth-order valence-corrected chi connectivity index (χ4v) is 3.68. The van der Waals surface area contributed by atoms with E-state index in [1.165, 1.54) is 17.4 Å². The summed E-state index contributed by atoms with van der Waals surface area (Å²) in [5.41, 5.74) is 7.12. The lowest BCUT2D eigenvalue weighted by atomic mass is 10.1. The minimum absolute atomic E-state index is 0.0152. The van der Waals surface area contributed by atoms with Gasteiger partial charge in [0.1, 0.15) is 11.5 Å². The van der Waals surface area contributed by atoms with E-state index in [-0.39, 0.29) is 17.8 Å². The van der Waals surface area contributed by atoms with Crippen LogP contribution in [-0.4, -0.2) is 30.0 Å². The molecule has 0 bridgehead atoms. The number of amides is 1. The van der Waals surface area contributed by atoms with E-state index in [9.17, 15) is 9.18 Å². The van der Waals surface area contributed by atoms with Gasteiger partial charge in [0.15, 0.2) is 3.92 Å². The lowest BCUT2D eigenvalue weighted by Crippen LogP contribution is -2.43. The highest BCUT2D eigenvalue weighted by Gasteiger charge is 2.23. The average Bonchev–Trinajstić information content (AvgIpc) is 2.94. The van der Waals surface area contributed by atoms with Gasteiger partial charge in [-0.1, -0.05) is 6.07 Å². The van der Waals surface area contributed by atoms with E-state index < -0.39 is 0 Å². The molecule has 23 heavy (non-hydrogen) atoms. The summed E-state index contributed by atoms with van der Waals surface area (Å²) in [5, 5.41) is 4.40. The Bertz CT molecular complexity index is 723. The van der Waals surface area contributed by atoms with Crippen molar-refractivity contribution in [3.05, 3.63) is 39.0 Å². The second-order valence-electron chi connectivity index (χ2n) is 5.42. The van der Waals surface area contributed by atoms with Crippen LogP contribution in [-0.2, 0) is 0 Å². The molecule has 1 fully saturated rings. The predicted molar refractivity (Wildman–Crippen MR) is 93.6 cm³/mol. The molecule has 0 radical (unpaired) electrons. The van der Waals surface area contributed by atoms with Crippen LogP contribution in [0.25, 0.3) is 0 Å². The molecule has 0 spiro atoms. The number of nitrogens with one attached hydrogen (secondary N) is 1. The van der Waals surface area contributed by atoms with Gasteiger partial charge in [-0.2, -0.15) is 0 Å². The molecule has 5 nitrogen and oxygen atoms in total. The van der Waals surface area contributed by atoms with E-state index in [4.69, 9.17) is 5.73 Å². The highest BCUT2D eigenvalue weighted by Crippen LogP contribution is 2.31. The minimum atomic E-state index is -0.364. The Kier molecular flexibility index (Phi) is 4.93. The highest BCUT2D eigenvalue weighted by molar-refractivity contribution is 9.11. The molecule has 1 atom stereocenters. The molecule has 0 unspecified atom stereocenters. The zero-order valence-electron chi connectivity index (χ0n) is 12.3. The summed E-state index contributed by atoms with van der Waals surface area (Å²) in [4.78, 5) is 18.3. The van der Waals surface area contributed by atoms with Crippen LogP contribution in [0.15, 0.2) is 27.5 Å². The van der Waals surface area contributed by atoms with Gasteiger partial charge >= 0.3 is 0 Å². The first-order valence-electron chi connectivity index (χ1n) is 7.26. The number of hydrogen-bond donors (Lipinski definition) is 2. The number of anilines is 2. The van der Waals surface area contributed by atoms with Crippen LogP contribution in [0.5, 0.6) is 0 Å². The molecular weight excluding hydrogens is 383 g/mol.